The third kappa shape index (κ3) is 2.05. The number of imidazole rings is 1. The number of halogens is 1. The molecule has 1 aliphatic carbocycles. The second kappa shape index (κ2) is 4.06. The minimum Gasteiger partial charge on any atom is -0.303 e. The van der Waals surface area contributed by atoms with Crippen LogP contribution in [0.5, 0.6) is 0 Å². The second-order valence-electron chi connectivity index (χ2n) is 4.33. The molecule has 1 fully saturated rings. The summed E-state index contributed by atoms with van der Waals surface area (Å²) in [6.07, 6.45) is 5.87. The first-order valence-corrected chi connectivity index (χ1v) is 6.41. The molecule has 0 N–H and O–H groups in total. The Hall–Kier alpha value is -1.09. The van der Waals surface area contributed by atoms with Crippen molar-refractivity contribution >= 4 is 15.9 Å². The molecule has 1 saturated carbocycles. The number of hydrogen-bond donors (Lipinski definition) is 0. The maximum Gasteiger partial charge on any atom is 0.124 e. The van der Waals surface area contributed by atoms with E-state index in [-0.39, 0.29) is 0 Å². The normalized spacial score (nSPS) is 15.3. The van der Waals surface area contributed by atoms with Crippen LogP contribution >= 0.6 is 15.9 Å². The quantitative estimate of drug-likeness (QED) is 0.838. The number of para-hydroxylation sites is 1. The largest absolute Gasteiger partial charge is 0.303 e. The summed E-state index contributed by atoms with van der Waals surface area (Å²) in [6.45, 7) is 0. The average molecular weight is 277 g/mol. The molecular formula is C13H13BrN2. The van der Waals surface area contributed by atoms with E-state index in [0.717, 1.165) is 16.9 Å². The third-order valence-electron chi connectivity index (χ3n) is 2.95. The predicted octanol–water partition coefficient (Wildman–Crippen LogP) is 3.59. The molecule has 0 atom stereocenters. The molecule has 3 rings (SSSR count). The molecule has 1 aromatic heterocycles. The Morgan fingerprint density at radius 2 is 2.00 bits per heavy atom. The summed E-state index contributed by atoms with van der Waals surface area (Å²) in [7, 11) is 0. The molecule has 0 aliphatic heterocycles. The fourth-order valence-electron chi connectivity index (χ4n) is 1.92. The fourth-order valence-corrected chi connectivity index (χ4v) is 2.33. The molecule has 1 aliphatic rings. The van der Waals surface area contributed by atoms with Gasteiger partial charge < -0.3 is 4.57 Å². The van der Waals surface area contributed by atoms with E-state index in [4.69, 9.17) is 0 Å². The Morgan fingerprint density at radius 1 is 1.25 bits per heavy atom. The van der Waals surface area contributed by atoms with E-state index < -0.39 is 0 Å². The van der Waals surface area contributed by atoms with Crippen molar-refractivity contribution in [2.24, 2.45) is 5.92 Å². The van der Waals surface area contributed by atoms with Gasteiger partial charge in [-0.25, -0.2) is 4.98 Å². The molecule has 0 radical (unpaired) electrons. The minimum atomic E-state index is 0.858. The zero-order chi connectivity index (χ0) is 11.0. The summed E-state index contributed by atoms with van der Waals surface area (Å²) in [4.78, 5) is 4.55. The zero-order valence-electron chi connectivity index (χ0n) is 8.94. The highest BCUT2D eigenvalue weighted by molar-refractivity contribution is 9.10. The summed E-state index contributed by atoms with van der Waals surface area (Å²) in [6, 6.07) is 10.4. The van der Waals surface area contributed by atoms with Gasteiger partial charge in [-0.1, -0.05) is 18.2 Å². The number of rotatable bonds is 3. The molecule has 82 valence electrons. The SMILES string of the molecule is Brc1cn(-c2ccccc2)c(CC2CC2)n1. The lowest BCUT2D eigenvalue weighted by atomic mass is 10.2. The van der Waals surface area contributed by atoms with E-state index in [2.05, 4.69) is 49.7 Å². The lowest BCUT2D eigenvalue weighted by Crippen LogP contribution is -2.01. The van der Waals surface area contributed by atoms with Crippen molar-refractivity contribution in [3.8, 4) is 5.69 Å². The molecule has 0 bridgehead atoms. The average Bonchev–Trinajstić information content (AvgIpc) is 3.03. The van der Waals surface area contributed by atoms with Gasteiger partial charge in [0.05, 0.1) is 0 Å². The van der Waals surface area contributed by atoms with Crippen molar-refractivity contribution < 1.29 is 0 Å². The topological polar surface area (TPSA) is 17.8 Å². The van der Waals surface area contributed by atoms with Crippen LogP contribution in [-0.4, -0.2) is 9.55 Å². The molecule has 0 spiro atoms. The van der Waals surface area contributed by atoms with E-state index in [1.165, 1.54) is 24.4 Å². The van der Waals surface area contributed by atoms with Crippen molar-refractivity contribution in [2.45, 2.75) is 19.3 Å². The third-order valence-corrected chi connectivity index (χ3v) is 3.33. The lowest BCUT2D eigenvalue weighted by molar-refractivity contribution is 0.751. The first-order valence-electron chi connectivity index (χ1n) is 5.62. The van der Waals surface area contributed by atoms with Crippen molar-refractivity contribution in [1.29, 1.82) is 0 Å². The van der Waals surface area contributed by atoms with Gasteiger partial charge in [-0.15, -0.1) is 0 Å². The van der Waals surface area contributed by atoms with Gasteiger partial charge in [0.15, 0.2) is 0 Å². The van der Waals surface area contributed by atoms with Crippen LogP contribution in [0.1, 0.15) is 18.7 Å². The van der Waals surface area contributed by atoms with Gasteiger partial charge in [0.1, 0.15) is 10.4 Å². The van der Waals surface area contributed by atoms with Gasteiger partial charge in [0.25, 0.3) is 0 Å². The van der Waals surface area contributed by atoms with Gasteiger partial charge in [0, 0.05) is 18.3 Å². The van der Waals surface area contributed by atoms with Crippen LogP contribution in [0.15, 0.2) is 41.1 Å². The van der Waals surface area contributed by atoms with Gasteiger partial charge >= 0.3 is 0 Å². The monoisotopic (exact) mass is 276 g/mol. The van der Waals surface area contributed by atoms with Crippen LogP contribution < -0.4 is 0 Å². The second-order valence-corrected chi connectivity index (χ2v) is 5.15. The molecule has 3 heteroatoms. The van der Waals surface area contributed by atoms with Gasteiger partial charge in [0.2, 0.25) is 0 Å². The van der Waals surface area contributed by atoms with Crippen molar-refractivity contribution in [1.82, 2.24) is 9.55 Å². The van der Waals surface area contributed by atoms with E-state index in [1.807, 2.05) is 12.3 Å². The Morgan fingerprint density at radius 3 is 2.69 bits per heavy atom. The summed E-state index contributed by atoms with van der Waals surface area (Å²) in [5.74, 6) is 2.03. The van der Waals surface area contributed by atoms with E-state index in [9.17, 15) is 0 Å². The molecule has 1 aromatic carbocycles. The molecule has 1 heterocycles. The molecule has 2 aromatic rings. The van der Waals surface area contributed by atoms with E-state index in [1.54, 1.807) is 0 Å². The molecule has 0 unspecified atom stereocenters. The van der Waals surface area contributed by atoms with Gasteiger partial charge in [-0.2, -0.15) is 0 Å². The van der Waals surface area contributed by atoms with E-state index in [0.29, 0.717) is 0 Å². The maximum absolute atomic E-state index is 4.55. The predicted molar refractivity (Wildman–Crippen MR) is 67.7 cm³/mol. The summed E-state index contributed by atoms with van der Waals surface area (Å²) in [5, 5.41) is 0. The number of aromatic nitrogens is 2. The van der Waals surface area contributed by atoms with Crippen molar-refractivity contribution in [2.75, 3.05) is 0 Å². The highest BCUT2D eigenvalue weighted by Crippen LogP contribution is 2.33. The Labute approximate surface area is 103 Å². The van der Waals surface area contributed by atoms with Gasteiger partial charge in [-0.3, -0.25) is 0 Å². The number of benzene rings is 1. The van der Waals surface area contributed by atoms with Crippen LogP contribution in [0.25, 0.3) is 5.69 Å². The van der Waals surface area contributed by atoms with Crippen LogP contribution in [-0.2, 0) is 6.42 Å². The maximum atomic E-state index is 4.55. The smallest absolute Gasteiger partial charge is 0.124 e. The zero-order valence-corrected chi connectivity index (χ0v) is 10.5. The van der Waals surface area contributed by atoms with Crippen LogP contribution in [0.2, 0.25) is 0 Å². The molecule has 2 nitrogen and oxygen atoms in total. The summed E-state index contributed by atoms with van der Waals surface area (Å²) >= 11 is 3.46. The van der Waals surface area contributed by atoms with Crippen molar-refractivity contribution in [3.05, 3.63) is 47.0 Å². The van der Waals surface area contributed by atoms with Crippen LogP contribution in [0, 0.1) is 5.92 Å². The number of nitrogens with zero attached hydrogens (tertiary/aromatic N) is 2. The first-order chi connectivity index (χ1) is 7.83. The van der Waals surface area contributed by atoms with E-state index >= 15 is 0 Å². The molecule has 16 heavy (non-hydrogen) atoms. The van der Waals surface area contributed by atoms with Crippen LogP contribution in [0.3, 0.4) is 0 Å². The minimum absolute atomic E-state index is 0.858. The fraction of sp³-hybridized carbons (Fsp3) is 0.308. The van der Waals surface area contributed by atoms with Gasteiger partial charge in [-0.05, 0) is 46.8 Å². The van der Waals surface area contributed by atoms with Crippen molar-refractivity contribution in [3.63, 3.8) is 0 Å². The molecule has 0 amide bonds. The lowest BCUT2D eigenvalue weighted by Gasteiger charge is -2.06. The Bertz CT molecular complexity index is 486. The van der Waals surface area contributed by atoms with Crippen LogP contribution in [0.4, 0.5) is 0 Å². The number of hydrogen-bond acceptors (Lipinski definition) is 1. The highest BCUT2D eigenvalue weighted by Gasteiger charge is 2.24. The molecule has 0 saturated heterocycles. The summed E-state index contributed by atoms with van der Waals surface area (Å²) < 4.78 is 3.11. The Kier molecular flexibility index (Phi) is 2.56. The standard InChI is InChI=1S/C13H13BrN2/c14-12-9-16(11-4-2-1-3-5-11)13(15-12)8-10-6-7-10/h1-5,9-10H,6-8H2. The Balaban J connectivity index is 1.98. The first kappa shape index (κ1) is 10.1. The summed E-state index contributed by atoms with van der Waals surface area (Å²) in [5.41, 5.74) is 1.19. The molecular weight excluding hydrogens is 264 g/mol. The highest BCUT2D eigenvalue weighted by atomic mass is 79.9.